The molecule has 0 bridgehead atoms. The Balaban J connectivity index is 1.47. The van der Waals surface area contributed by atoms with Crippen LogP contribution < -0.4 is 15.4 Å². The molecule has 0 aliphatic carbocycles. The highest BCUT2D eigenvalue weighted by atomic mass is 35.5. The zero-order valence-corrected chi connectivity index (χ0v) is 21.5. The fourth-order valence-electron chi connectivity index (χ4n) is 3.67. The van der Waals surface area contributed by atoms with Crippen LogP contribution in [0.1, 0.15) is 18.4 Å². The molecule has 0 spiro atoms. The Hall–Kier alpha value is -3.23. The SMILES string of the molecule is Cc1ccc(S(=O)(=O)N2CCC(Nc3nc(Nc4ccc(F)c(Cl)c4)nc(OCC(F)(F)F)n3)CC2)cc1. The number of anilines is 3. The van der Waals surface area contributed by atoms with Crippen LogP contribution >= 0.6 is 11.6 Å². The molecular formula is C23H23ClF4N6O3S. The molecule has 15 heteroatoms. The number of hydrogen-bond donors (Lipinski definition) is 2. The van der Waals surface area contributed by atoms with Gasteiger partial charge in [-0.05, 0) is 50.1 Å². The van der Waals surface area contributed by atoms with E-state index in [0.717, 1.165) is 11.6 Å². The summed E-state index contributed by atoms with van der Waals surface area (Å²) in [5.41, 5.74) is 1.23. The number of nitrogens with one attached hydrogen (secondary N) is 2. The second kappa shape index (κ2) is 11.3. The first-order valence-corrected chi connectivity index (χ1v) is 13.2. The van der Waals surface area contributed by atoms with Gasteiger partial charge in [-0.15, -0.1) is 0 Å². The minimum Gasteiger partial charge on any atom is -0.454 e. The van der Waals surface area contributed by atoms with E-state index in [1.807, 2.05) is 6.92 Å². The number of aryl methyl sites for hydroxylation is 1. The first-order valence-electron chi connectivity index (χ1n) is 11.4. The summed E-state index contributed by atoms with van der Waals surface area (Å²) >= 11 is 5.78. The van der Waals surface area contributed by atoms with Gasteiger partial charge in [-0.3, -0.25) is 0 Å². The van der Waals surface area contributed by atoms with E-state index in [0.29, 0.717) is 12.8 Å². The topological polar surface area (TPSA) is 109 Å². The number of sulfonamides is 1. The van der Waals surface area contributed by atoms with E-state index in [9.17, 15) is 26.0 Å². The van der Waals surface area contributed by atoms with Crippen LogP contribution in [0.15, 0.2) is 47.4 Å². The first-order chi connectivity index (χ1) is 17.9. The third-order valence-electron chi connectivity index (χ3n) is 5.60. The monoisotopic (exact) mass is 574 g/mol. The predicted molar refractivity (Wildman–Crippen MR) is 133 cm³/mol. The van der Waals surface area contributed by atoms with Gasteiger partial charge in [-0.1, -0.05) is 29.3 Å². The van der Waals surface area contributed by atoms with Gasteiger partial charge in [0.2, 0.25) is 21.9 Å². The van der Waals surface area contributed by atoms with E-state index < -0.39 is 34.6 Å². The summed E-state index contributed by atoms with van der Waals surface area (Å²) in [6, 6.07) is 9.42. The summed E-state index contributed by atoms with van der Waals surface area (Å²) in [6.07, 6.45) is -3.83. The number of piperidine rings is 1. The van der Waals surface area contributed by atoms with Crippen molar-refractivity contribution in [1.29, 1.82) is 0 Å². The van der Waals surface area contributed by atoms with E-state index in [4.69, 9.17) is 16.3 Å². The first kappa shape index (κ1) is 27.8. The zero-order valence-electron chi connectivity index (χ0n) is 20.0. The summed E-state index contributed by atoms with van der Waals surface area (Å²) in [4.78, 5) is 12.1. The summed E-state index contributed by atoms with van der Waals surface area (Å²) < 4.78 is 83.5. The molecule has 1 aliphatic heterocycles. The van der Waals surface area contributed by atoms with Crippen LogP contribution in [0.25, 0.3) is 0 Å². The van der Waals surface area contributed by atoms with Crippen LogP contribution in [0.2, 0.25) is 5.02 Å². The zero-order chi connectivity index (χ0) is 27.5. The average molecular weight is 575 g/mol. The molecule has 9 nitrogen and oxygen atoms in total. The van der Waals surface area contributed by atoms with Gasteiger partial charge >= 0.3 is 12.2 Å². The number of aromatic nitrogens is 3. The van der Waals surface area contributed by atoms with Crippen molar-refractivity contribution in [3.8, 4) is 6.01 Å². The van der Waals surface area contributed by atoms with Gasteiger partial charge in [0.05, 0.1) is 9.92 Å². The van der Waals surface area contributed by atoms with E-state index in [1.54, 1.807) is 24.3 Å². The van der Waals surface area contributed by atoms with E-state index in [1.165, 1.54) is 16.4 Å². The number of hydrogen-bond acceptors (Lipinski definition) is 8. The molecule has 3 aromatic rings. The molecule has 4 rings (SSSR count). The molecule has 1 aromatic heterocycles. The van der Waals surface area contributed by atoms with Crippen LogP contribution in [-0.2, 0) is 10.0 Å². The highest BCUT2D eigenvalue weighted by Crippen LogP contribution is 2.26. The van der Waals surface area contributed by atoms with E-state index >= 15 is 0 Å². The number of ether oxygens (including phenoxy) is 1. The quantitative estimate of drug-likeness (QED) is 0.365. The number of rotatable bonds is 8. The molecule has 38 heavy (non-hydrogen) atoms. The number of nitrogens with zero attached hydrogens (tertiary/aromatic N) is 4. The molecular weight excluding hydrogens is 552 g/mol. The average Bonchev–Trinajstić information content (AvgIpc) is 2.85. The number of benzene rings is 2. The minimum absolute atomic E-state index is 0.0762. The third-order valence-corrected chi connectivity index (χ3v) is 7.80. The Labute approximate surface area is 221 Å². The van der Waals surface area contributed by atoms with Crippen molar-refractivity contribution >= 4 is 39.2 Å². The largest absolute Gasteiger partial charge is 0.454 e. The predicted octanol–water partition coefficient (Wildman–Crippen LogP) is 4.92. The lowest BCUT2D eigenvalue weighted by Gasteiger charge is -2.31. The Morgan fingerprint density at radius 1 is 1.05 bits per heavy atom. The summed E-state index contributed by atoms with van der Waals surface area (Å²) in [5.74, 6) is -0.894. The van der Waals surface area contributed by atoms with Crippen LogP contribution in [0.4, 0.5) is 35.1 Å². The van der Waals surface area contributed by atoms with Gasteiger partial charge in [0, 0.05) is 24.8 Å². The Morgan fingerprint density at radius 3 is 2.34 bits per heavy atom. The molecule has 2 aromatic carbocycles. The van der Waals surface area contributed by atoms with E-state index in [-0.39, 0.29) is 46.6 Å². The molecule has 1 saturated heterocycles. The Morgan fingerprint density at radius 2 is 1.71 bits per heavy atom. The number of alkyl halides is 3. The second-order valence-corrected chi connectivity index (χ2v) is 10.9. The number of halogens is 5. The van der Waals surface area contributed by atoms with Gasteiger partial charge in [0.15, 0.2) is 6.61 Å². The molecule has 0 amide bonds. The molecule has 0 radical (unpaired) electrons. The van der Waals surface area contributed by atoms with Gasteiger partial charge in [-0.2, -0.15) is 32.4 Å². The lowest BCUT2D eigenvalue weighted by Crippen LogP contribution is -2.42. The normalized spacial score (nSPS) is 15.3. The van der Waals surface area contributed by atoms with Crippen molar-refractivity contribution in [2.45, 2.75) is 36.9 Å². The Bertz CT molecular complexity index is 1380. The van der Waals surface area contributed by atoms with Gasteiger partial charge in [0.1, 0.15) is 5.82 Å². The summed E-state index contributed by atoms with van der Waals surface area (Å²) in [5, 5.41) is 5.57. The van der Waals surface area contributed by atoms with Gasteiger partial charge in [-0.25, -0.2) is 12.8 Å². The standard InChI is InChI=1S/C23H23ClF4N6O3S/c1-14-2-5-17(6-3-14)38(35,36)34-10-8-15(9-11-34)29-20-31-21(30-16-4-7-19(25)18(24)12-16)33-22(32-20)37-13-23(26,27)28/h2-7,12,15H,8-11,13H2,1H3,(H2,29,30,31,32,33). The molecule has 0 unspecified atom stereocenters. The molecule has 204 valence electrons. The van der Waals surface area contributed by atoms with Crippen LogP contribution in [0.3, 0.4) is 0 Å². The van der Waals surface area contributed by atoms with Crippen molar-refractivity contribution in [3.63, 3.8) is 0 Å². The maximum Gasteiger partial charge on any atom is 0.422 e. The van der Waals surface area contributed by atoms with Crippen molar-refractivity contribution in [2.24, 2.45) is 0 Å². The molecule has 1 fully saturated rings. The van der Waals surface area contributed by atoms with Crippen molar-refractivity contribution < 1.29 is 30.7 Å². The lowest BCUT2D eigenvalue weighted by atomic mass is 10.1. The van der Waals surface area contributed by atoms with Gasteiger partial charge in [0.25, 0.3) is 0 Å². The molecule has 1 aliphatic rings. The summed E-state index contributed by atoms with van der Waals surface area (Å²) in [6.45, 7) is 0.683. The minimum atomic E-state index is -4.62. The Kier molecular flexibility index (Phi) is 8.23. The third kappa shape index (κ3) is 7.20. The molecule has 0 atom stereocenters. The smallest absolute Gasteiger partial charge is 0.422 e. The van der Waals surface area contributed by atoms with Crippen molar-refractivity contribution in [3.05, 3.63) is 58.9 Å². The highest BCUT2D eigenvalue weighted by molar-refractivity contribution is 7.89. The molecule has 0 saturated carbocycles. The molecule has 2 heterocycles. The van der Waals surface area contributed by atoms with Gasteiger partial charge < -0.3 is 15.4 Å². The van der Waals surface area contributed by atoms with Crippen molar-refractivity contribution in [1.82, 2.24) is 19.3 Å². The fraction of sp³-hybridized carbons (Fsp3) is 0.348. The summed E-state index contributed by atoms with van der Waals surface area (Å²) in [7, 11) is -3.66. The maximum atomic E-state index is 13.5. The highest BCUT2D eigenvalue weighted by Gasteiger charge is 2.31. The maximum absolute atomic E-state index is 13.5. The second-order valence-electron chi connectivity index (χ2n) is 8.56. The van der Waals surface area contributed by atoms with Crippen LogP contribution in [0.5, 0.6) is 6.01 Å². The van der Waals surface area contributed by atoms with Crippen LogP contribution in [0, 0.1) is 12.7 Å². The lowest BCUT2D eigenvalue weighted by molar-refractivity contribution is -0.154. The van der Waals surface area contributed by atoms with Crippen molar-refractivity contribution in [2.75, 3.05) is 30.3 Å². The van der Waals surface area contributed by atoms with Crippen LogP contribution in [-0.4, -0.2) is 59.6 Å². The fourth-order valence-corrected chi connectivity index (χ4v) is 5.32. The van der Waals surface area contributed by atoms with E-state index in [2.05, 4.69) is 25.6 Å². The molecule has 2 N–H and O–H groups in total.